The van der Waals surface area contributed by atoms with Crippen LogP contribution in [0.15, 0.2) is 24.3 Å². The SMILES string of the molecule is CC(=O)Nc1cccc(C(C)N2CCn3nc4c(c3C2=O)CN[C@H](C)C4)c1. The number of amides is 2. The monoisotopic (exact) mass is 367 g/mol. The van der Waals surface area contributed by atoms with Crippen LogP contribution in [0.4, 0.5) is 5.69 Å². The van der Waals surface area contributed by atoms with E-state index in [0.717, 1.165) is 34.6 Å². The molecular weight excluding hydrogens is 342 g/mol. The summed E-state index contributed by atoms with van der Waals surface area (Å²) in [5.74, 6) is -0.0742. The molecule has 2 aromatic rings. The average Bonchev–Trinajstić information content (AvgIpc) is 2.99. The first kappa shape index (κ1) is 17.7. The molecule has 27 heavy (non-hydrogen) atoms. The van der Waals surface area contributed by atoms with Gasteiger partial charge in [-0.1, -0.05) is 12.1 Å². The van der Waals surface area contributed by atoms with Crippen LogP contribution >= 0.6 is 0 Å². The number of aromatic nitrogens is 2. The Kier molecular flexibility index (Phi) is 4.47. The summed E-state index contributed by atoms with van der Waals surface area (Å²) in [6.07, 6.45) is 0.858. The Labute approximate surface area is 158 Å². The van der Waals surface area contributed by atoms with Crippen LogP contribution in [-0.2, 0) is 24.3 Å². The molecule has 0 saturated carbocycles. The average molecular weight is 367 g/mol. The molecule has 0 spiro atoms. The molecule has 7 heteroatoms. The molecule has 4 rings (SSSR count). The van der Waals surface area contributed by atoms with Crippen LogP contribution in [0.2, 0.25) is 0 Å². The first-order valence-corrected chi connectivity index (χ1v) is 9.44. The summed E-state index contributed by atoms with van der Waals surface area (Å²) >= 11 is 0. The number of anilines is 1. The molecule has 2 aliphatic rings. The summed E-state index contributed by atoms with van der Waals surface area (Å²) < 4.78 is 1.88. The highest BCUT2D eigenvalue weighted by Gasteiger charge is 2.35. The minimum atomic E-state index is -0.105. The van der Waals surface area contributed by atoms with Crippen LogP contribution in [0.25, 0.3) is 0 Å². The van der Waals surface area contributed by atoms with Crippen LogP contribution < -0.4 is 10.6 Å². The Balaban J connectivity index is 1.61. The molecule has 1 aromatic heterocycles. The number of hydrogen-bond acceptors (Lipinski definition) is 4. The van der Waals surface area contributed by atoms with Crippen molar-refractivity contribution in [3.8, 4) is 0 Å². The standard InChI is InChI=1S/C20H25N5O2/c1-12-9-18-17(11-21-12)19-20(27)24(7-8-25(19)23-18)13(2)15-5-4-6-16(10-15)22-14(3)26/h4-6,10,12-13,21H,7-9,11H2,1-3H3,(H,22,26)/t12-,13?/m1/s1. The van der Waals surface area contributed by atoms with Gasteiger partial charge >= 0.3 is 0 Å². The van der Waals surface area contributed by atoms with Crippen LogP contribution in [0.3, 0.4) is 0 Å². The van der Waals surface area contributed by atoms with Crippen molar-refractivity contribution in [2.75, 3.05) is 11.9 Å². The number of fused-ring (bicyclic) bond motifs is 3. The van der Waals surface area contributed by atoms with Gasteiger partial charge in [0.25, 0.3) is 5.91 Å². The third kappa shape index (κ3) is 3.23. The van der Waals surface area contributed by atoms with Gasteiger partial charge in [-0.3, -0.25) is 14.3 Å². The lowest BCUT2D eigenvalue weighted by molar-refractivity contribution is -0.114. The van der Waals surface area contributed by atoms with Gasteiger partial charge in [-0.25, -0.2) is 0 Å². The molecule has 2 atom stereocenters. The number of carbonyl (C=O) groups is 2. The number of hydrogen-bond donors (Lipinski definition) is 2. The third-order valence-electron chi connectivity index (χ3n) is 5.43. The molecule has 0 aliphatic carbocycles. The van der Waals surface area contributed by atoms with Gasteiger partial charge in [0.2, 0.25) is 5.91 Å². The molecule has 1 unspecified atom stereocenters. The largest absolute Gasteiger partial charge is 0.329 e. The van der Waals surface area contributed by atoms with Gasteiger partial charge in [0.1, 0.15) is 5.69 Å². The first-order chi connectivity index (χ1) is 12.9. The number of nitrogens with zero attached hydrogens (tertiary/aromatic N) is 3. The predicted molar refractivity (Wildman–Crippen MR) is 102 cm³/mol. The molecule has 0 saturated heterocycles. The molecule has 2 aliphatic heterocycles. The fourth-order valence-electron chi connectivity index (χ4n) is 4.01. The quantitative estimate of drug-likeness (QED) is 0.871. The van der Waals surface area contributed by atoms with Crippen LogP contribution in [0, 0.1) is 0 Å². The Morgan fingerprint density at radius 2 is 2.19 bits per heavy atom. The number of rotatable bonds is 3. The van der Waals surface area contributed by atoms with Crippen molar-refractivity contribution in [1.82, 2.24) is 20.0 Å². The highest BCUT2D eigenvalue weighted by Crippen LogP contribution is 2.30. The summed E-state index contributed by atoms with van der Waals surface area (Å²) in [6, 6.07) is 7.99. The Morgan fingerprint density at radius 1 is 1.37 bits per heavy atom. The van der Waals surface area contributed by atoms with Crippen molar-refractivity contribution in [3.63, 3.8) is 0 Å². The number of benzene rings is 1. The van der Waals surface area contributed by atoms with Crippen molar-refractivity contribution in [1.29, 1.82) is 0 Å². The Morgan fingerprint density at radius 3 is 2.96 bits per heavy atom. The van der Waals surface area contributed by atoms with E-state index in [9.17, 15) is 9.59 Å². The van der Waals surface area contributed by atoms with Crippen molar-refractivity contribution >= 4 is 17.5 Å². The lowest BCUT2D eigenvalue weighted by atomic mass is 10.00. The summed E-state index contributed by atoms with van der Waals surface area (Å²) in [5, 5.41) is 10.9. The van der Waals surface area contributed by atoms with Gasteiger partial charge in [0, 0.05) is 43.7 Å². The second kappa shape index (κ2) is 6.81. The molecule has 1 aromatic carbocycles. The fraction of sp³-hybridized carbons (Fsp3) is 0.450. The molecule has 0 fully saturated rings. The van der Waals surface area contributed by atoms with Gasteiger partial charge in [-0.2, -0.15) is 5.10 Å². The number of carbonyl (C=O) groups excluding carboxylic acids is 2. The zero-order valence-corrected chi connectivity index (χ0v) is 16.0. The second-order valence-corrected chi connectivity index (χ2v) is 7.46. The molecule has 0 bridgehead atoms. The maximum Gasteiger partial charge on any atom is 0.273 e. The van der Waals surface area contributed by atoms with Crippen LogP contribution in [0.5, 0.6) is 0 Å². The van der Waals surface area contributed by atoms with E-state index in [4.69, 9.17) is 0 Å². The Hall–Kier alpha value is -2.67. The van der Waals surface area contributed by atoms with E-state index >= 15 is 0 Å². The zero-order chi connectivity index (χ0) is 19.1. The van der Waals surface area contributed by atoms with Crippen molar-refractivity contribution in [2.24, 2.45) is 0 Å². The lowest BCUT2D eigenvalue weighted by Crippen LogP contribution is -2.42. The molecule has 2 N–H and O–H groups in total. The van der Waals surface area contributed by atoms with E-state index in [1.165, 1.54) is 6.92 Å². The van der Waals surface area contributed by atoms with Gasteiger partial charge < -0.3 is 15.5 Å². The topological polar surface area (TPSA) is 79.3 Å². The van der Waals surface area contributed by atoms with Crippen molar-refractivity contribution in [3.05, 3.63) is 46.8 Å². The van der Waals surface area contributed by atoms with Gasteiger partial charge in [-0.15, -0.1) is 0 Å². The maximum absolute atomic E-state index is 13.3. The first-order valence-electron chi connectivity index (χ1n) is 9.44. The van der Waals surface area contributed by atoms with E-state index in [0.29, 0.717) is 25.7 Å². The van der Waals surface area contributed by atoms with Crippen LogP contribution in [-0.4, -0.2) is 39.1 Å². The molecule has 2 amide bonds. The minimum Gasteiger partial charge on any atom is -0.329 e. The lowest BCUT2D eigenvalue weighted by Gasteiger charge is -2.34. The second-order valence-electron chi connectivity index (χ2n) is 7.46. The maximum atomic E-state index is 13.3. The van der Waals surface area contributed by atoms with E-state index in [-0.39, 0.29) is 17.9 Å². The predicted octanol–water partition coefficient (Wildman–Crippen LogP) is 2.09. The molecular formula is C20H25N5O2. The number of nitrogens with one attached hydrogen (secondary N) is 2. The normalized spacial score (nSPS) is 20.0. The zero-order valence-electron chi connectivity index (χ0n) is 16.0. The van der Waals surface area contributed by atoms with Crippen molar-refractivity contribution < 1.29 is 9.59 Å². The van der Waals surface area contributed by atoms with Gasteiger partial charge in [0.05, 0.1) is 18.3 Å². The summed E-state index contributed by atoms with van der Waals surface area (Å²) in [4.78, 5) is 26.5. The molecule has 3 heterocycles. The van der Waals surface area contributed by atoms with Crippen LogP contribution in [0.1, 0.15) is 54.1 Å². The smallest absolute Gasteiger partial charge is 0.273 e. The summed E-state index contributed by atoms with van der Waals surface area (Å²) in [6.45, 7) is 7.68. The third-order valence-corrected chi connectivity index (χ3v) is 5.43. The van der Waals surface area contributed by atoms with Gasteiger partial charge in [0.15, 0.2) is 0 Å². The minimum absolute atomic E-state index is 0.0313. The van der Waals surface area contributed by atoms with Gasteiger partial charge in [-0.05, 0) is 31.5 Å². The fourth-order valence-corrected chi connectivity index (χ4v) is 4.01. The molecule has 142 valence electrons. The highest BCUT2D eigenvalue weighted by atomic mass is 16.2. The Bertz CT molecular complexity index is 904. The summed E-state index contributed by atoms with van der Waals surface area (Å²) in [7, 11) is 0. The summed E-state index contributed by atoms with van der Waals surface area (Å²) in [5.41, 5.74) is 4.56. The van der Waals surface area contributed by atoms with Crippen molar-refractivity contribution in [2.45, 2.75) is 52.4 Å². The molecule has 7 nitrogen and oxygen atoms in total. The molecule has 0 radical (unpaired) electrons. The van der Waals surface area contributed by atoms with E-state index in [1.807, 2.05) is 40.8 Å². The van der Waals surface area contributed by atoms with E-state index in [1.54, 1.807) is 0 Å². The highest BCUT2D eigenvalue weighted by molar-refractivity contribution is 5.95. The van der Waals surface area contributed by atoms with E-state index in [2.05, 4.69) is 22.7 Å². The van der Waals surface area contributed by atoms with E-state index < -0.39 is 0 Å².